The Bertz CT molecular complexity index is 1340. The minimum Gasteiger partial charge on any atom is -0.493 e. The van der Waals surface area contributed by atoms with Gasteiger partial charge in [-0.05, 0) is 38.1 Å². The van der Waals surface area contributed by atoms with E-state index in [1.807, 2.05) is 6.92 Å². The average Bonchev–Trinajstić information content (AvgIpc) is 3.19. The molecule has 0 aliphatic rings. The van der Waals surface area contributed by atoms with Gasteiger partial charge in [0.05, 0.1) is 12.5 Å². The first-order valence-electron chi connectivity index (χ1n) is 9.68. The van der Waals surface area contributed by atoms with Crippen LogP contribution in [0.2, 0.25) is 0 Å². The van der Waals surface area contributed by atoms with E-state index >= 15 is 0 Å². The van der Waals surface area contributed by atoms with E-state index in [-0.39, 0.29) is 23.7 Å². The van der Waals surface area contributed by atoms with Crippen molar-refractivity contribution in [2.24, 2.45) is 0 Å². The van der Waals surface area contributed by atoms with Crippen molar-refractivity contribution in [3.63, 3.8) is 0 Å². The number of anilines is 1. The summed E-state index contributed by atoms with van der Waals surface area (Å²) >= 11 is 1.38. The number of ether oxygens (including phenoxy) is 3. The van der Waals surface area contributed by atoms with Crippen LogP contribution in [0.15, 0.2) is 57.9 Å². The lowest BCUT2D eigenvalue weighted by atomic mass is 10.2. The van der Waals surface area contributed by atoms with Crippen LogP contribution in [0.1, 0.15) is 10.6 Å². The highest BCUT2D eigenvalue weighted by molar-refractivity contribution is 7.15. The molecule has 2 heterocycles. The van der Waals surface area contributed by atoms with Crippen molar-refractivity contribution < 1.29 is 23.4 Å². The minimum absolute atomic E-state index is 0.0776. The average molecular weight is 452 g/mol. The lowest BCUT2D eigenvalue weighted by Gasteiger charge is -2.12. The molecule has 8 nitrogen and oxygen atoms in total. The number of amides is 1. The van der Waals surface area contributed by atoms with Gasteiger partial charge in [-0.1, -0.05) is 12.1 Å². The van der Waals surface area contributed by atoms with Gasteiger partial charge in [0.15, 0.2) is 23.2 Å². The van der Waals surface area contributed by atoms with Gasteiger partial charge in [0.25, 0.3) is 5.91 Å². The summed E-state index contributed by atoms with van der Waals surface area (Å²) in [6.45, 7) is 3.34. The van der Waals surface area contributed by atoms with Crippen LogP contribution >= 0.6 is 11.3 Å². The molecule has 1 N–H and O–H groups in total. The van der Waals surface area contributed by atoms with Gasteiger partial charge in [0.1, 0.15) is 17.1 Å². The molecule has 0 aliphatic carbocycles. The van der Waals surface area contributed by atoms with E-state index in [2.05, 4.69) is 10.3 Å². The summed E-state index contributed by atoms with van der Waals surface area (Å²) in [6.07, 6.45) is 1.68. The summed E-state index contributed by atoms with van der Waals surface area (Å²) in [5, 5.41) is 3.51. The molecule has 0 saturated heterocycles. The number of carbonyl (C=O) groups is 1. The second kappa shape index (κ2) is 9.11. The number of carbonyl (C=O) groups excluding carboxylic acids is 1. The molecule has 4 rings (SSSR count). The number of hydrogen-bond donors (Lipinski definition) is 1. The molecule has 0 fully saturated rings. The summed E-state index contributed by atoms with van der Waals surface area (Å²) in [6, 6.07) is 11.8. The quantitative estimate of drug-likeness (QED) is 0.434. The number of nitrogens with zero attached hydrogens (tertiary/aromatic N) is 1. The van der Waals surface area contributed by atoms with E-state index in [0.29, 0.717) is 39.1 Å². The largest absolute Gasteiger partial charge is 0.493 e. The monoisotopic (exact) mass is 452 g/mol. The molecule has 9 heteroatoms. The first kappa shape index (κ1) is 21.4. The normalized spacial score (nSPS) is 10.7. The van der Waals surface area contributed by atoms with E-state index in [1.165, 1.54) is 18.4 Å². The van der Waals surface area contributed by atoms with Crippen molar-refractivity contribution in [3.8, 4) is 23.0 Å². The van der Waals surface area contributed by atoms with Crippen LogP contribution in [0.4, 0.5) is 5.13 Å². The third-order valence-corrected chi connectivity index (χ3v) is 5.33. The number of aryl methyl sites for hydroxylation is 2. The standard InChI is InChI=1S/C23H20N2O6S/c1-13-11-24-23(32-13)25-20(26)12-29-15-8-9-16-19(10-15)30-14(2)22(21(16)27)31-18-7-5-4-6-17(18)28-3/h4-11H,12H2,1-3H3,(H,24,25,26). The lowest BCUT2D eigenvalue weighted by molar-refractivity contribution is -0.118. The first-order valence-corrected chi connectivity index (χ1v) is 10.5. The van der Waals surface area contributed by atoms with Gasteiger partial charge in [-0.15, -0.1) is 11.3 Å². The van der Waals surface area contributed by atoms with Crippen LogP contribution in [-0.4, -0.2) is 24.6 Å². The topological polar surface area (TPSA) is 99.9 Å². The Morgan fingerprint density at radius 1 is 1.16 bits per heavy atom. The SMILES string of the molecule is COc1ccccc1Oc1c(C)oc2cc(OCC(=O)Nc3ncc(C)s3)ccc2c1=O. The van der Waals surface area contributed by atoms with Gasteiger partial charge in [0, 0.05) is 17.1 Å². The number of aromatic nitrogens is 1. The van der Waals surface area contributed by atoms with E-state index < -0.39 is 0 Å². The van der Waals surface area contributed by atoms with Crippen LogP contribution < -0.4 is 25.0 Å². The molecule has 0 aliphatic heterocycles. The molecule has 4 aromatic rings. The van der Waals surface area contributed by atoms with Crippen LogP contribution in [-0.2, 0) is 4.79 Å². The number of para-hydroxylation sites is 2. The molecule has 2 aromatic heterocycles. The maximum absolute atomic E-state index is 13.0. The summed E-state index contributed by atoms with van der Waals surface area (Å²) < 4.78 is 22.4. The first-order chi connectivity index (χ1) is 15.4. The third kappa shape index (κ3) is 4.57. The fourth-order valence-electron chi connectivity index (χ4n) is 3.01. The van der Waals surface area contributed by atoms with Crippen molar-refractivity contribution in [1.29, 1.82) is 0 Å². The maximum atomic E-state index is 13.0. The molecule has 2 aromatic carbocycles. The minimum atomic E-state index is -0.336. The zero-order valence-electron chi connectivity index (χ0n) is 17.6. The zero-order valence-corrected chi connectivity index (χ0v) is 18.4. The smallest absolute Gasteiger partial charge is 0.264 e. The Morgan fingerprint density at radius 3 is 2.66 bits per heavy atom. The summed E-state index contributed by atoms with van der Waals surface area (Å²) in [7, 11) is 1.53. The lowest BCUT2D eigenvalue weighted by Crippen LogP contribution is -2.20. The van der Waals surface area contributed by atoms with Crippen molar-refractivity contribution >= 4 is 33.3 Å². The van der Waals surface area contributed by atoms with Crippen molar-refractivity contribution in [1.82, 2.24) is 4.98 Å². The van der Waals surface area contributed by atoms with Crippen molar-refractivity contribution in [3.05, 3.63) is 69.5 Å². The van der Waals surface area contributed by atoms with E-state index in [1.54, 1.807) is 55.6 Å². The van der Waals surface area contributed by atoms with Crippen LogP contribution in [0, 0.1) is 13.8 Å². The molecule has 0 unspecified atom stereocenters. The van der Waals surface area contributed by atoms with Gasteiger partial charge in [-0.3, -0.25) is 14.9 Å². The van der Waals surface area contributed by atoms with Crippen molar-refractivity contribution in [2.45, 2.75) is 13.8 Å². The zero-order chi connectivity index (χ0) is 22.7. The Labute approximate surface area is 187 Å². The Balaban J connectivity index is 1.53. The van der Waals surface area contributed by atoms with Gasteiger partial charge in [-0.2, -0.15) is 0 Å². The molecule has 1 amide bonds. The van der Waals surface area contributed by atoms with Gasteiger partial charge in [0.2, 0.25) is 11.2 Å². The van der Waals surface area contributed by atoms with Gasteiger partial charge >= 0.3 is 0 Å². The maximum Gasteiger partial charge on any atom is 0.264 e. The number of rotatable bonds is 7. The molecule has 0 spiro atoms. The second-order valence-corrected chi connectivity index (χ2v) is 8.08. The number of hydrogen-bond acceptors (Lipinski definition) is 8. The van der Waals surface area contributed by atoms with E-state index in [0.717, 1.165) is 4.88 Å². The van der Waals surface area contributed by atoms with Crippen LogP contribution in [0.5, 0.6) is 23.0 Å². The number of methoxy groups -OCH3 is 1. The highest BCUT2D eigenvalue weighted by Gasteiger charge is 2.16. The molecule has 32 heavy (non-hydrogen) atoms. The summed E-state index contributed by atoms with van der Waals surface area (Å²) in [5.41, 5.74) is 0.00595. The Morgan fingerprint density at radius 2 is 1.94 bits per heavy atom. The molecular formula is C23H20N2O6S. The molecule has 164 valence electrons. The fraction of sp³-hybridized carbons (Fsp3) is 0.174. The number of nitrogens with one attached hydrogen (secondary N) is 1. The number of fused-ring (bicyclic) bond motifs is 1. The van der Waals surface area contributed by atoms with Crippen LogP contribution in [0.3, 0.4) is 0 Å². The van der Waals surface area contributed by atoms with Crippen LogP contribution in [0.25, 0.3) is 11.0 Å². The van der Waals surface area contributed by atoms with E-state index in [4.69, 9.17) is 18.6 Å². The summed E-state index contributed by atoms with van der Waals surface area (Å²) in [5.74, 6) is 1.35. The Kier molecular flexibility index (Phi) is 6.09. The number of thiazole rings is 1. The van der Waals surface area contributed by atoms with E-state index in [9.17, 15) is 9.59 Å². The highest BCUT2D eigenvalue weighted by atomic mass is 32.1. The fourth-order valence-corrected chi connectivity index (χ4v) is 3.69. The van der Waals surface area contributed by atoms with Gasteiger partial charge in [-0.25, -0.2) is 4.98 Å². The molecule has 0 atom stereocenters. The number of benzene rings is 2. The summed E-state index contributed by atoms with van der Waals surface area (Å²) in [4.78, 5) is 30.1. The molecule has 0 saturated carbocycles. The predicted octanol–water partition coefficient (Wildman–Crippen LogP) is 4.68. The predicted molar refractivity (Wildman–Crippen MR) is 121 cm³/mol. The van der Waals surface area contributed by atoms with Crippen molar-refractivity contribution in [2.75, 3.05) is 19.0 Å². The molecule has 0 bridgehead atoms. The van der Waals surface area contributed by atoms with Gasteiger partial charge < -0.3 is 18.6 Å². The molecule has 0 radical (unpaired) electrons. The third-order valence-electron chi connectivity index (χ3n) is 4.51. The Hall–Kier alpha value is -3.85. The second-order valence-electron chi connectivity index (χ2n) is 6.84. The highest BCUT2D eigenvalue weighted by Crippen LogP contribution is 2.32. The molecular weight excluding hydrogens is 432 g/mol.